The van der Waals surface area contributed by atoms with E-state index in [1.165, 1.54) is 9.58 Å². The van der Waals surface area contributed by atoms with Crippen molar-refractivity contribution in [3.05, 3.63) is 35.7 Å². The van der Waals surface area contributed by atoms with Crippen LogP contribution in [0.25, 0.3) is 5.69 Å². The highest BCUT2D eigenvalue weighted by molar-refractivity contribution is 8.31. The lowest BCUT2D eigenvalue weighted by Gasteiger charge is -2.13. The molecular formula is C14H15Cl2F3N4O2S. The Kier molecular flexibility index (Phi) is 6.09. The summed E-state index contributed by atoms with van der Waals surface area (Å²) >= 11 is 0. The largest absolute Gasteiger partial charge is 0.453 e. The van der Waals surface area contributed by atoms with Crippen molar-refractivity contribution in [1.82, 2.24) is 14.8 Å². The Morgan fingerprint density at radius 2 is 1.81 bits per heavy atom. The molecule has 2 aromatic rings. The Balaban J connectivity index is 0.000000431. The summed E-state index contributed by atoms with van der Waals surface area (Å²) in [6.45, 7) is 0. The van der Waals surface area contributed by atoms with E-state index in [9.17, 15) is 13.2 Å². The maximum absolute atomic E-state index is 12.8. The quantitative estimate of drug-likeness (QED) is 0.689. The Hall–Kier alpha value is -1.52. The Labute approximate surface area is 157 Å². The van der Waals surface area contributed by atoms with E-state index in [4.69, 9.17) is 8.42 Å². The van der Waals surface area contributed by atoms with Crippen LogP contribution in [0.5, 0.6) is 0 Å². The molecule has 1 aliphatic rings. The summed E-state index contributed by atoms with van der Waals surface area (Å²) < 4.78 is 58.0. The van der Waals surface area contributed by atoms with Crippen LogP contribution in [0.1, 0.15) is 30.1 Å². The maximum Gasteiger partial charge on any atom is 0.453 e. The first kappa shape index (κ1) is 20.8. The average molecular weight is 431 g/mol. The second kappa shape index (κ2) is 7.61. The summed E-state index contributed by atoms with van der Waals surface area (Å²) in [6.07, 6.45) is -2.28. The highest BCUT2D eigenvalue weighted by Gasteiger charge is 2.37. The van der Waals surface area contributed by atoms with E-state index in [2.05, 4.69) is 31.4 Å². The molecule has 0 N–H and O–H groups in total. The van der Waals surface area contributed by atoms with Crippen LogP contribution in [0, 0.1) is 0 Å². The van der Waals surface area contributed by atoms with Gasteiger partial charge in [-0.1, -0.05) is 12.1 Å². The lowest BCUT2D eigenvalue weighted by molar-refractivity contribution is -0.144. The van der Waals surface area contributed by atoms with Crippen molar-refractivity contribution in [2.24, 2.45) is 0 Å². The van der Waals surface area contributed by atoms with Crippen LogP contribution in [0.3, 0.4) is 0 Å². The summed E-state index contributed by atoms with van der Waals surface area (Å²) in [5.74, 6) is -0.434. The average Bonchev–Trinajstić information content (AvgIpc) is 3.22. The number of hydrogen-bond donors (Lipinski definition) is 0. The molecular weight excluding hydrogens is 416 g/mol. The molecule has 0 unspecified atom stereocenters. The van der Waals surface area contributed by atoms with E-state index in [0.29, 0.717) is 11.6 Å². The number of halogens is 5. The van der Waals surface area contributed by atoms with Crippen LogP contribution in [-0.2, 0) is 14.4 Å². The number of hydrogen-bond acceptors (Lipinski definition) is 5. The second-order valence-corrected chi connectivity index (χ2v) is 9.46. The normalized spacial score (nSPS) is 14.6. The second-order valence-electron chi connectivity index (χ2n) is 5.79. The van der Waals surface area contributed by atoms with Gasteiger partial charge in [0.25, 0.3) is 5.82 Å². The number of aromatic nitrogens is 3. The Morgan fingerprint density at radius 1 is 1.23 bits per heavy atom. The van der Waals surface area contributed by atoms with Gasteiger partial charge in [0.1, 0.15) is 0 Å². The third-order valence-electron chi connectivity index (χ3n) is 3.41. The summed E-state index contributed by atoms with van der Waals surface area (Å²) in [5.41, 5.74) is 1.74. The molecule has 26 heavy (non-hydrogen) atoms. The minimum Gasteiger partial charge on any atom is -0.347 e. The Bertz CT molecular complexity index is 873. The van der Waals surface area contributed by atoms with Crippen LogP contribution < -0.4 is 4.90 Å². The molecule has 0 radical (unpaired) electrons. The zero-order valence-electron chi connectivity index (χ0n) is 13.7. The van der Waals surface area contributed by atoms with Gasteiger partial charge < -0.3 is 4.90 Å². The van der Waals surface area contributed by atoms with Crippen LogP contribution in [0.4, 0.5) is 19.1 Å². The third-order valence-corrected chi connectivity index (χ3v) is 3.41. The molecule has 1 heterocycles. The van der Waals surface area contributed by atoms with E-state index >= 15 is 0 Å². The number of nitrogens with zero attached hydrogens (tertiary/aromatic N) is 4. The zero-order valence-corrected chi connectivity index (χ0v) is 16.0. The molecule has 0 saturated heterocycles. The van der Waals surface area contributed by atoms with E-state index < -0.39 is 20.3 Å². The fourth-order valence-corrected chi connectivity index (χ4v) is 2.21. The summed E-state index contributed by atoms with van der Waals surface area (Å²) in [5, 5.41) is 3.63. The summed E-state index contributed by atoms with van der Waals surface area (Å²) in [4.78, 5) is 5.12. The lowest BCUT2D eigenvalue weighted by atomic mass is 10.1. The van der Waals surface area contributed by atoms with E-state index in [1.807, 2.05) is 18.2 Å². The van der Waals surface area contributed by atoms with E-state index in [-0.39, 0.29) is 5.95 Å². The number of rotatable bonds is 3. The molecule has 3 rings (SSSR count). The van der Waals surface area contributed by atoms with Crippen molar-refractivity contribution in [2.75, 3.05) is 19.0 Å². The van der Waals surface area contributed by atoms with Gasteiger partial charge in [0.15, 0.2) is 0 Å². The van der Waals surface area contributed by atoms with E-state index in [0.717, 1.165) is 18.4 Å². The SMILES string of the molecule is CN(C)c1nc(C(F)(F)F)nn1-c1cccc(C2CC2)c1.O=S(=O)(Cl)Cl. The molecule has 1 aromatic heterocycles. The van der Waals surface area contributed by atoms with Gasteiger partial charge >= 0.3 is 14.4 Å². The Morgan fingerprint density at radius 3 is 2.27 bits per heavy atom. The molecule has 0 spiro atoms. The molecule has 0 aliphatic heterocycles. The van der Waals surface area contributed by atoms with Crippen LogP contribution in [-0.4, -0.2) is 37.3 Å². The summed E-state index contributed by atoms with van der Waals surface area (Å²) in [7, 11) is 8.10. The molecule has 12 heteroatoms. The van der Waals surface area contributed by atoms with Gasteiger partial charge in [0.2, 0.25) is 5.95 Å². The fourth-order valence-electron chi connectivity index (χ4n) is 2.21. The molecule has 0 atom stereocenters. The third kappa shape index (κ3) is 6.03. The molecule has 1 fully saturated rings. The first-order valence-electron chi connectivity index (χ1n) is 7.32. The van der Waals surface area contributed by atoms with Crippen molar-refractivity contribution in [3.8, 4) is 5.69 Å². The van der Waals surface area contributed by atoms with Gasteiger partial charge in [-0.15, -0.1) is 5.10 Å². The number of benzene rings is 1. The first-order chi connectivity index (χ1) is 11.9. The van der Waals surface area contributed by atoms with Gasteiger partial charge in [-0.05, 0) is 36.5 Å². The van der Waals surface area contributed by atoms with E-state index in [1.54, 1.807) is 20.2 Å². The van der Waals surface area contributed by atoms with Crippen LogP contribution >= 0.6 is 21.4 Å². The monoisotopic (exact) mass is 430 g/mol. The van der Waals surface area contributed by atoms with Crippen molar-refractivity contribution < 1.29 is 21.6 Å². The molecule has 6 nitrogen and oxygen atoms in total. The minimum absolute atomic E-state index is 0.162. The molecule has 0 bridgehead atoms. The van der Waals surface area contributed by atoms with Crippen molar-refractivity contribution in [3.63, 3.8) is 0 Å². The standard InChI is InChI=1S/C14H15F3N4.Cl2O2S/c1-20(2)13-18-12(14(15,16)17)19-21(13)11-5-3-4-10(8-11)9-6-7-9;1-5(2,3)4/h3-5,8-9H,6-7H2,1-2H3;. The predicted molar refractivity (Wildman–Crippen MR) is 93.3 cm³/mol. The molecule has 1 saturated carbocycles. The molecule has 144 valence electrons. The lowest BCUT2D eigenvalue weighted by Crippen LogP contribution is -2.15. The first-order valence-corrected chi connectivity index (χ1v) is 10.5. The number of anilines is 1. The van der Waals surface area contributed by atoms with Gasteiger partial charge in [-0.25, -0.2) is 0 Å². The smallest absolute Gasteiger partial charge is 0.347 e. The van der Waals surface area contributed by atoms with Crippen LogP contribution in [0.2, 0.25) is 0 Å². The molecule has 0 amide bonds. The topological polar surface area (TPSA) is 68.1 Å². The molecule has 1 aliphatic carbocycles. The highest BCUT2D eigenvalue weighted by atomic mass is 36.0. The van der Waals surface area contributed by atoms with Gasteiger partial charge in [0, 0.05) is 35.5 Å². The van der Waals surface area contributed by atoms with Gasteiger partial charge in [0.05, 0.1) is 5.69 Å². The minimum atomic E-state index is -4.55. The highest BCUT2D eigenvalue weighted by Crippen LogP contribution is 2.40. The number of alkyl halides is 3. The molecule has 1 aromatic carbocycles. The fraction of sp³-hybridized carbons (Fsp3) is 0.429. The summed E-state index contributed by atoms with van der Waals surface area (Å²) in [6, 6.07) is 7.47. The van der Waals surface area contributed by atoms with Gasteiger partial charge in [-0.2, -0.15) is 31.3 Å². The van der Waals surface area contributed by atoms with Crippen molar-refractivity contribution in [2.45, 2.75) is 24.9 Å². The van der Waals surface area contributed by atoms with Crippen molar-refractivity contribution >= 4 is 35.6 Å². The maximum atomic E-state index is 12.8. The van der Waals surface area contributed by atoms with Crippen molar-refractivity contribution in [1.29, 1.82) is 0 Å². The zero-order chi connectivity index (χ0) is 19.7. The van der Waals surface area contributed by atoms with Gasteiger partial charge in [-0.3, -0.25) is 0 Å². The predicted octanol–water partition coefficient (Wildman–Crippen LogP) is 3.94. The van der Waals surface area contributed by atoms with Crippen LogP contribution in [0.15, 0.2) is 24.3 Å².